The highest BCUT2D eigenvalue weighted by atomic mass is 16.5. The van der Waals surface area contributed by atoms with E-state index in [2.05, 4.69) is 0 Å². The van der Waals surface area contributed by atoms with Gasteiger partial charge in [-0.05, 0) is 55.3 Å². The number of ether oxygens (including phenoxy) is 2. The van der Waals surface area contributed by atoms with Crippen LogP contribution in [0.4, 0.5) is 0 Å². The molecule has 2 aromatic rings. The minimum absolute atomic E-state index is 0.408. The molecule has 0 aliphatic carbocycles. The Balaban J connectivity index is 2.02. The summed E-state index contributed by atoms with van der Waals surface area (Å²) in [7, 11) is 0. The van der Waals surface area contributed by atoms with E-state index in [1.165, 1.54) is 0 Å². The number of aliphatic hydroxyl groups is 1. The van der Waals surface area contributed by atoms with Gasteiger partial charge in [0.1, 0.15) is 17.2 Å². The fraction of sp³-hybridized carbons (Fsp3) is 0.294. The van der Waals surface area contributed by atoms with E-state index in [0.29, 0.717) is 13.0 Å². The lowest BCUT2D eigenvalue weighted by Crippen LogP contribution is -1.94. The van der Waals surface area contributed by atoms with Crippen molar-refractivity contribution in [3.8, 4) is 17.2 Å². The van der Waals surface area contributed by atoms with Gasteiger partial charge in [-0.1, -0.05) is 19.1 Å². The van der Waals surface area contributed by atoms with Crippen LogP contribution in [-0.2, 0) is 0 Å². The van der Waals surface area contributed by atoms with Crippen LogP contribution in [0.1, 0.15) is 31.9 Å². The summed E-state index contributed by atoms with van der Waals surface area (Å²) in [4.78, 5) is 0. The molecular weight excluding hydrogens is 252 g/mol. The highest BCUT2D eigenvalue weighted by Gasteiger charge is 2.05. The fourth-order valence-corrected chi connectivity index (χ4v) is 1.90. The minimum Gasteiger partial charge on any atom is -0.494 e. The van der Waals surface area contributed by atoms with Gasteiger partial charge in [0, 0.05) is 0 Å². The average Bonchev–Trinajstić information content (AvgIpc) is 2.49. The Morgan fingerprint density at radius 2 is 1.35 bits per heavy atom. The van der Waals surface area contributed by atoms with Gasteiger partial charge in [0.05, 0.1) is 12.7 Å². The van der Waals surface area contributed by atoms with E-state index in [4.69, 9.17) is 9.47 Å². The molecule has 0 aliphatic rings. The SMILES string of the molecule is CCOc1ccc(Oc2ccc([C@H](O)CC)cc2)cc1. The van der Waals surface area contributed by atoms with Crippen molar-refractivity contribution < 1.29 is 14.6 Å². The van der Waals surface area contributed by atoms with Crippen LogP contribution in [0, 0.1) is 0 Å². The van der Waals surface area contributed by atoms with Crippen LogP contribution in [-0.4, -0.2) is 11.7 Å². The summed E-state index contributed by atoms with van der Waals surface area (Å²) in [5, 5.41) is 9.74. The Morgan fingerprint density at radius 3 is 1.85 bits per heavy atom. The lowest BCUT2D eigenvalue weighted by molar-refractivity contribution is 0.173. The summed E-state index contributed by atoms with van der Waals surface area (Å²) >= 11 is 0. The topological polar surface area (TPSA) is 38.7 Å². The molecule has 0 fully saturated rings. The second-order valence-electron chi connectivity index (χ2n) is 4.50. The molecule has 106 valence electrons. The van der Waals surface area contributed by atoms with Gasteiger partial charge >= 0.3 is 0 Å². The molecular formula is C17H20O3. The Labute approximate surface area is 119 Å². The molecule has 3 heteroatoms. The van der Waals surface area contributed by atoms with Crippen molar-refractivity contribution in [1.82, 2.24) is 0 Å². The Morgan fingerprint density at radius 1 is 0.850 bits per heavy atom. The predicted molar refractivity (Wildman–Crippen MR) is 79.4 cm³/mol. The third kappa shape index (κ3) is 3.75. The first-order valence-corrected chi connectivity index (χ1v) is 6.91. The first-order chi connectivity index (χ1) is 9.72. The first kappa shape index (κ1) is 14.4. The van der Waals surface area contributed by atoms with Crippen LogP contribution in [0.15, 0.2) is 48.5 Å². The highest BCUT2D eigenvalue weighted by molar-refractivity contribution is 5.36. The van der Waals surface area contributed by atoms with Crippen molar-refractivity contribution in [2.45, 2.75) is 26.4 Å². The number of benzene rings is 2. The molecule has 20 heavy (non-hydrogen) atoms. The summed E-state index contributed by atoms with van der Waals surface area (Å²) in [6, 6.07) is 15.0. The maximum Gasteiger partial charge on any atom is 0.127 e. The van der Waals surface area contributed by atoms with Gasteiger partial charge in [0.2, 0.25) is 0 Å². The number of rotatable bonds is 6. The molecule has 0 saturated heterocycles. The van der Waals surface area contributed by atoms with Crippen LogP contribution in [0.2, 0.25) is 0 Å². The van der Waals surface area contributed by atoms with E-state index in [1.807, 2.05) is 62.4 Å². The van der Waals surface area contributed by atoms with Crippen LogP contribution in [0.3, 0.4) is 0 Å². The molecule has 0 unspecified atom stereocenters. The number of aliphatic hydroxyl groups excluding tert-OH is 1. The van der Waals surface area contributed by atoms with Crippen molar-refractivity contribution >= 4 is 0 Å². The smallest absolute Gasteiger partial charge is 0.127 e. The number of hydrogen-bond donors (Lipinski definition) is 1. The van der Waals surface area contributed by atoms with Crippen LogP contribution in [0.25, 0.3) is 0 Å². The summed E-state index contributed by atoms with van der Waals surface area (Å²) in [5.41, 5.74) is 0.909. The predicted octanol–water partition coefficient (Wildman–Crippen LogP) is 4.32. The van der Waals surface area contributed by atoms with E-state index >= 15 is 0 Å². The van der Waals surface area contributed by atoms with E-state index < -0.39 is 6.10 Å². The van der Waals surface area contributed by atoms with Crippen molar-refractivity contribution in [3.63, 3.8) is 0 Å². The minimum atomic E-state index is -0.408. The Bertz CT molecular complexity index is 517. The standard InChI is InChI=1S/C17H20O3/c1-3-17(18)13-5-7-15(8-6-13)20-16-11-9-14(10-12-16)19-4-2/h5-12,17-18H,3-4H2,1-2H3/t17-/m1/s1. The highest BCUT2D eigenvalue weighted by Crippen LogP contribution is 2.25. The summed E-state index contributed by atoms with van der Waals surface area (Å²) in [5.74, 6) is 2.35. The first-order valence-electron chi connectivity index (χ1n) is 6.91. The molecule has 0 heterocycles. The molecule has 0 spiro atoms. The van der Waals surface area contributed by atoms with Crippen molar-refractivity contribution in [2.75, 3.05) is 6.61 Å². The van der Waals surface area contributed by atoms with Crippen molar-refractivity contribution in [1.29, 1.82) is 0 Å². The van der Waals surface area contributed by atoms with Gasteiger partial charge in [-0.15, -0.1) is 0 Å². The van der Waals surface area contributed by atoms with Crippen LogP contribution >= 0.6 is 0 Å². The third-order valence-corrected chi connectivity index (χ3v) is 3.02. The summed E-state index contributed by atoms with van der Waals surface area (Å²) < 4.78 is 11.1. The van der Waals surface area contributed by atoms with E-state index in [9.17, 15) is 5.11 Å². The monoisotopic (exact) mass is 272 g/mol. The molecule has 0 bridgehead atoms. The molecule has 1 atom stereocenters. The van der Waals surface area contributed by atoms with Gasteiger partial charge in [-0.2, -0.15) is 0 Å². The van der Waals surface area contributed by atoms with Crippen LogP contribution < -0.4 is 9.47 Å². The maximum atomic E-state index is 9.74. The second-order valence-corrected chi connectivity index (χ2v) is 4.50. The van der Waals surface area contributed by atoms with Crippen molar-refractivity contribution in [3.05, 3.63) is 54.1 Å². The normalized spacial score (nSPS) is 11.9. The zero-order valence-corrected chi connectivity index (χ0v) is 11.9. The quantitative estimate of drug-likeness (QED) is 0.851. The largest absolute Gasteiger partial charge is 0.494 e. The number of hydrogen-bond acceptors (Lipinski definition) is 3. The average molecular weight is 272 g/mol. The van der Waals surface area contributed by atoms with E-state index in [0.717, 1.165) is 22.8 Å². The molecule has 1 N–H and O–H groups in total. The molecule has 2 rings (SSSR count). The van der Waals surface area contributed by atoms with Gasteiger partial charge in [-0.3, -0.25) is 0 Å². The van der Waals surface area contributed by atoms with Gasteiger partial charge < -0.3 is 14.6 Å². The third-order valence-electron chi connectivity index (χ3n) is 3.02. The molecule has 0 saturated carbocycles. The summed E-state index contributed by atoms with van der Waals surface area (Å²) in [6.45, 7) is 4.56. The van der Waals surface area contributed by atoms with E-state index in [1.54, 1.807) is 0 Å². The molecule has 0 radical (unpaired) electrons. The summed E-state index contributed by atoms with van der Waals surface area (Å²) in [6.07, 6.45) is 0.300. The zero-order valence-electron chi connectivity index (χ0n) is 11.9. The molecule has 0 aliphatic heterocycles. The fourth-order valence-electron chi connectivity index (χ4n) is 1.90. The zero-order chi connectivity index (χ0) is 14.4. The van der Waals surface area contributed by atoms with E-state index in [-0.39, 0.29) is 0 Å². The lowest BCUT2D eigenvalue weighted by Gasteiger charge is -2.10. The van der Waals surface area contributed by atoms with Gasteiger partial charge in [0.15, 0.2) is 0 Å². The molecule has 2 aromatic carbocycles. The maximum absolute atomic E-state index is 9.74. The van der Waals surface area contributed by atoms with Gasteiger partial charge in [-0.25, -0.2) is 0 Å². The van der Waals surface area contributed by atoms with Crippen LogP contribution in [0.5, 0.6) is 17.2 Å². The molecule has 0 aromatic heterocycles. The van der Waals surface area contributed by atoms with Crippen molar-refractivity contribution in [2.24, 2.45) is 0 Å². The Kier molecular flexibility index (Phi) is 5.02. The Hall–Kier alpha value is -2.00. The second kappa shape index (κ2) is 6.96. The molecule has 3 nitrogen and oxygen atoms in total. The van der Waals surface area contributed by atoms with Gasteiger partial charge in [0.25, 0.3) is 0 Å². The lowest BCUT2D eigenvalue weighted by atomic mass is 10.1. The molecule has 0 amide bonds.